The summed E-state index contributed by atoms with van der Waals surface area (Å²) in [5.74, 6) is 0. The molecule has 5 heteroatoms. The van der Waals surface area contributed by atoms with Crippen molar-refractivity contribution in [3.05, 3.63) is 40.9 Å². The van der Waals surface area contributed by atoms with E-state index in [1.807, 2.05) is 18.3 Å². The molecule has 5 nitrogen and oxygen atoms in total. The number of piperazine rings is 1. The molecule has 0 aliphatic carbocycles. The van der Waals surface area contributed by atoms with E-state index in [0.29, 0.717) is 11.7 Å². The van der Waals surface area contributed by atoms with E-state index in [1.54, 1.807) is 10.6 Å². The highest BCUT2D eigenvalue weighted by Crippen LogP contribution is 2.15. The van der Waals surface area contributed by atoms with Gasteiger partial charge in [-0.05, 0) is 19.1 Å². The van der Waals surface area contributed by atoms with Crippen LogP contribution >= 0.6 is 0 Å². The Morgan fingerprint density at radius 3 is 3.11 bits per heavy atom. The summed E-state index contributed by atoms with van der Waals surface area (Å²) in [6, 6.07) is 5.88. The van der Waals surface area contributed by atoms with Crippen LogP contribution in [-0.2, 0) is 0 Å². The van der Waals surface area contributed by atoms with E-state index in [0.717, 1.165) is 25.3 Å². The molecule has 2 aromatic heterocycles. The highest BCUT2D eigenvalue weighted by atomic mass is 16.1. The van der Waals surface area contributed by atoms with Crippen molar-refractivity contribution < 1.29 is 0 Å². The van der Waals surface area contributed by atoms with Crippen LogP contribution in [-0.4, -0.2) is 35.1 Å². The topological polar surface area (TPSA) is 49.6 Å². The summed E-state index contributed by atoms with van der Waals surface area (Å²) in [5.41, 5.74) is 1.73. The lowest BCUT2D eigenvalue weighted by molar-refractivity contribution is 0.484. The second-order valence-electron chi connectivity index (χ2n) is 4.70. The van der Waals surface area contributed by atoms with Crippen LogP contribution in [0.3, 0.4) is 0 Å². The van der Waals surface area contributed by atoms with Crippen molar-refractivity contribution in [2.24, 2.45) is 0 Å². The molecular formula is C13H16N4O. The molecule has 1 fully saturated rings. The molecule has 0 radical (unpaired) electrons. The van der Waals surface area contributed by atoms with Crippen molar-refractivity contribution in [3.8, 4) is 0 Å². The van der Waals surface area contributed by atoms with E-state index in [2.05, 4.69) is 22.1 Å². The number of rotatable bonds is 1. The lowest BCUT2D eigenvalue weighted by atomic mass is 10.2. The Morgan fingerprint density at radius 1 is 1.39 bits per heavy atom. The van der Waals surface area contributed by atoms with Crippen molar-refractivity contribution in [2.75, 3.05) is 24.5 Å². The molecule has 1 saturated heterocycles. The first-order valence-corrected chi connectivity index (χ1v) is 6.20. The van der Waals surface area contributed by atoms with Gasteiger partial charge in [-0.15, -0.1) is 0 Å². The van der Waals surface area contributed by atoms with E-state index in [1.165, 1.54) is 6.07 Å². The van der Waals surface area contributed by atoms with E-state index in [9.17, 15) is 4.79 Å². The SMILES string of the molecule is C[C@H]1CN(c2ccc3nccc(=O)n3c2)CCN1. The van der Waals surface area contributed by atoms with Gasteiger partial charge in [0, 0.05) is 44.1 Å². The molecule has 0 aromatic carbocycles. The number of nitrogens with zero attached hydrogens (tertiary/aromatic N) is 3. The van der Waals surface area contributed by atoms with Crippen LogP contribution in [0.25, 0.3) is 5.65 Å². The molecule has 3 heterocycles. The van der Waals surface area contributed by atoms with E-state index >= 15 is 0 Å². The lowest BCUT2D eigenvalue weighted by Crippen LogP contribution is -2.49. The maximum Gasteiger partial charge on any atom is 0.257 e. The van der Waals surface area contributed by atoms with Gasteiger partial charge in [0.1, 0.15) is 5.65 Å². The molecular weight excluding hydrogens is 228 g/mol. The smallest absolute Gasteiger partial charge is 0.257 e. The molecule has 1 aliphatic rings. The fourth-order valence-corrected chi connectivity index (χ4v) is 2.37. The van der Waals surface area contributed by atoms with Gasteiger partial charge in [-0.1, -0.05) is 0 Å². The summed E-state index contributed by atoms with van der Waals surface area (Å²) in [6.07, 6.45) is 3.42. The van der Waals surface area contributed by atoms with Crippen LogP contribution in [0.15, 0.2) is 35.4 Å². The first-order chi connectivity index (χ1) is 8.74. The molecule has 3 rings (SSSR count). The molecule has 0 amide bonds. The Balaban J connectivity index is 2.02. The third kappa shape index (κ3) is 1.97. The Labute approximate surface area is 105 Å². The average molecular weight is 244 g/mol. The average Bonchev–Trinajstić information content (AvgIpc) is 2.39. The molecule has 2 aromatic rings. The highest BCUT2D eigenvalue weighted by Gasteiger charge is 2.16. The summed E-state index contributed by atoms with van der Waals surface area (Å²) in [4.78, 5) is 18.2. The fourth-order valence-electron chi connectivity index (χ4n) is 2.37. The van der Waals surface area contributed by atoms with Crippen LogP contribution in [0.4, 0.5) is 5.69 Å². The van der Waals surface area contributed by atoms with Gasteiger partial charge in [0.25, 0.3) is 5.56 Å². The zero-order chi connectivity index (χ0) is 12.5. The number of fused-ring (bicyclic) bond motifs is 1. The van der Waals surface area contributed by atoms with E-state index in [4.69, 9.17) is 0 Å². The minimum absolute atomic E-state index is 0.0370. The summed E-state index contributed by atoms with van der Waals surface area (Å²) >= 11 is 0. The van der Waals surface area contributed by atoms with Crippen LogP contribution in [0.5, 0.6) is 0 Å². The maximum absolute atomic E-state index is 11.8. The zero-order valence-electron chi connectivity index (χ0n) is 10.3. The molecule has 94 valence electrons. The monoisotopic (exact) mass is 244 g/mol. The van der Waals surface area contributed by atoms with Crippen LogP contribution in [0, 0.1) is 0 Å². The number of hydrogen-bond donors (Lipinski definition) is 1. The molecule has 1 aliphatic heterocycles. The van der Waals surface area contributed by atoms with Crippen molar-refractivity contribution in [1.29, 1.82) is 0 Å². The van der Waals surface area contributed by atoms with Gasteiger partial charge in [0.15, 0.2) is 0 Å². The van der Waals surface area contributed by atoms with Gasteiger partial charge in [0.2, 0.25) is 0 Å². The Bertz CT molecular complexity index is 622. The second kappa shape index (κ2) is 4.42. The minimum atomic E-state index is -0.0370. The predicted octanol–water partition coefficient (Wildman–Crippen LogP) is 0.493. The molecule has 0 unspecified atom stereocenters. The molecule has 0 saturated carbocycles. The van der Waals surface area contributed by atoms with Gasteiger partial charge in [-0.25, -0.2) is 4.98 Å². The highest BCUT2D eigenvalue weighted by molar-refractivity contribution is 5.51. The first kappa shape index (κ1) is 11.2. The van der Waals surface area contributed by atoms with Gasteiger partial charge < -0.3 is 10.2 Å². The summed E-state index contributed by atoms with van der Waals surface area (Å²) in [7, 11) is 0. The molecule has 0 spiro atoms. The van der Waals surface area contributed by atoms with Crippen molar-refractivity contribution in [2.45, 2.75) is 13.0 Å². The van der Waals surface area contributed by atoms with Crippen molar-refractivity contribution in [1.82, 2.24) is 14.7 Å². The second-order valence-corrected chi connectivity index (χ2v) is 4.70. The Kier molecular flexibility index (Phi) is 2.76. The van der Waals surface area contributed by atoms with Crippen LogP contribution < -0.4 is 15.8 Å². The number of pyridine rings is 1. The van der Waals surface area contributed by atoms with Crippen molar-refractivity contribution in [3.63, 3.8) is 0 Å². The third-order valence-electron chi connectivity index (χ3n) is 3.31. The van der Waals surface area contributed by atoms with Gasteiger partial charge in [-0.2, -0.15) is 0 Å². The normalized spacial score (nSPS) is 20.3. The molecule has 1 N–H and O–H groups in total. The third-order valence-corrected chi connectivity index (χ3v) is 3.31. The lowest BCUT2D eigenvalue weighted by Gasteiger charge is -2.33. The largest absolute Gasteiger partial charge is 0.368 e. The van der Waals surface area contributed by atoms with E-state index < -0.39 is 0 Å². The van der Waals surface area contributed by atoms with Gasteiger partial charge >= 0.3 is 0 Å². The quantitative estimate of drug-likeness (QED) is 0.793. The van der Waals surface area contributed by atoms with Crippen molar-refractivity contribution >= 4 is 11.3 Å². The first-order valence-electron chi connectivity index (χ1n) is 6.20. The zero-order valence-corrected chi connectivity index (χ0v) is 10.3. The Hall–Kier alpha value is -1.88. The van der Waals surface area contributed by atoms with Crippen LogP contribution in [0.1, 0.15) is 6.92 Å². The number of anilines is 1. The molecule has 1 atom stereocenters. The van der Waals surface area contributed by atoms with Gasteiger partial charge in [0.05, 0.1) is 5.69 Å². The number of nitrogens with one attached hydrogen (secondary N) is 1. The minimum Gasteiger partial charge on any atom is -0.368 e. The molecule has 0 bridgehead atoms. The van der Waals surface area contributed by atoms with Crippen LogP contribution in [0.2, 0.25) is 0 Å². The van der Waals surface area contributed by atoms with Gasteiger partial charge in [-0.3, -0.25) is 9.20 Å². The summed E-state index contributed by atoms with van der Waals surface area (Å²) < 4.78 is 1.60. The number of aromatic nitrogens is 2. The molecule has 18 heavy (non-hydrogen) atoms. The predicted molar refractivity (Wildman–Crippen MR) is 71.1 cm³/mol. The number of hydrogen-bond acceptors (Lipinski definition) is 4. The standard InChI is InChI=1S/C13H16N4O/c1-10-8-16(7-6-14-10)11-2-3-12-15-5-4-13(18)17(12)9-11/h2-5,9-10,14H,6-8H2,1H3/t10-/m0/s1. The summed E-state index contributed by atoms with van der Waals surface area (Å²) in [5, 5.41) is 3.41. The summed E-state index contributed by atoms with van der Waals surface area (Å²) in [6.45, 7) is 5.06. The fraction of sp³-hybridized carbons (Fsp3) is 0.385. The van der Waals surface area contributed by atoms with E-state index in [-0.39, 0.29) is 5.56 Å². The Morgan fingerprint density at radius 2 is 2.28 bits per heavy atom. The maximum atomic E-state index is 11.8.